The van der Waals surface area contributed by atoms with Crippen LogP contribution in [-0.2, 0) is 0 Å². The average Bonchev–Trinajstić information content (AvgIpc) is 2.34. The summed E-state index contributed by atoms with van der Waals surface area (Å²) in [6.07, 6.45) is 0.545. The second-order valence-corrected chi connectivity index (χ2v) is 4.15. The van der Waals surface area contributed by atoms with E-state index >= 15 is 0 Å². The molecule has 0 aliphatic heterocycles. The predicted octanol–water partition coefficient (Wildman–Crippen LogP) is 4.65. The molecule has 0 aliphatic rings. The Morgan fingerprint density at radius 3 is 2.00 bits per heavy atom. The van der Waals surface area contributed by atoms with E-state index in [2.05, 4.69) is 0 Å². The third-order valence-electron chi connectivity index (χ3n) is 3.00. The van der Waals surface area contributed by atoms with Gasteiger partial charge in [-0.1, -0.05) is 37.3 Å². The summed E-state index contributed by atoms with van der Waals surface area (Å²) in [6, 6.07) is 10.6. The monoisotopic (exact) mass is 250 g/mol. The van der Waals surface area contributed by atoms with E-state index < -0.39 is 23.4 Å². The Morgan fingerprint density at radius 2 is 1.50 bits per heavy atom. The molecule has 0 saturated carbocycles. The van der Waals surface area contributed by atoms with E-state index in [-0.39, 0.29) is 5.56 Å². The molecule has 94 valence electrons. The highest BCUT2D eigenvalue weighted by Crippen LogP contribution is 2.32. The lowest BCUT2D eigenvalue weighted by atomic mass is 9.88. The molecule has 1 atom stereocenters. The zero-order valence-electron chi connectivity index (χ0n) is 9.96. The molecule has 0 aromatic heterocycles. The second-order valence-electron chi connectivity index (χ2n) is 4.15. The number of rotatable bonds is 3. The first-order valence-corrected chi connectivity index (χ1v) is 5.83. The van der Waals surface area contributed by atoms with Gasteiger partial charge >= 0.3 is 0 Å². The maximum absolute atomic E-state index is 13.8. The number of halogens is 3. The van der Waals surface area contributed by atoms with Crippen LogP contribution in [0.15, 0.2) is 42.5 Å². The van der Waals surface area contributed by atoms with Crippen LogP contribution in [0.25, 0.3) is 0 Å². The smallest absolute Gasteiger partial charge is 0.132 e. The van der Waals surface area contributed by atoms with Crippen LogP contribution in [-0.4, -0.2) is 0 Å². The summed E-state index contributed by atoms with van der Waals surface area (Å²) in [5.74, 6) is -2.95. The molecule has 1 unspecified atom stereocenters. The molecule has 0 bridgehead atoms. The summed E-state index contributed by atoms with van der Waals surface area (Å²) in [6.45, 7) is 1.85. The van der Waals surface area contributed by atoms with Crippen LogP contribution >= 0.6 is 0 Å². The van der Waals surface area contributed by atoms with Gasteiger partial charge in [0, 0.05) is 23.6 Å². The Balaban J connectivity index is 2.52. The number of hydrogen-bond donors (Lipinski definition) is 0. The molecule has 0 aliphatic carbocycles. The highest BCUT2D eigenvalue weighted by atomic mass is 19.1. The van der Waals surface area contributed by atoms with Crippen LogP contribution in [0.3, 0.4) is 0 Å². The predicted molar refractivity (Wildman–Crippen MR) is 64.9 cm³/mol. The van der Waals surface area contributed by atoms with Crippen molar-refractivity contribution in [3.63, 3.8) is 0 Å². The van der Waals surface area contributed by atoms with Gasteiger partial charge in [-0.3, -0.25) is 0 Å². The molecular weight excluding hydrogens is 237 g/mol. The largest absolute Gasteiger partial charge is 0.207 e. The van der Waals surface area contributed by atoms with E-state index in [4.69, 9.17) is 0 Å². The van der Waals surface area contributed by atoms with E-state index in [1.165, 1.54) is 0 Å². The molecule has 0 heterocycles. The van der Waals surface area contributed by atoms with E-state index in [9.17, 15) is 13.2 Å². The summed E-state index contributed by atoms with van der Waals surface area (Å²) in [7, 11) is 0. The molecule has 0 amide bonds. The first-order chi connectivity index (χ1) is 8.63. The van der Waals surface area contributed by atoms with Gasteiger partial charge in [-0.25, -0.2) is 13.2 Å². The Morgan fingerprint density at radius 1 is 0.944 bits per heavy atom. The SMILES string of the molecule is CCC(c1ccccc1)c1c(F)cc(F)cc1F. The number of hydrogen-bond acceptors (Lipinski definition) is 0. The fourth-order valence-corrected chi connectivity index (χ4v) is 2.18. The highest BCUT2D eigenvalue weighted by molar-refractivity contribution is 5.34. The lowest BCUT2D eigenvalue weighted by molar-refractivity contribution is 0.510. The third kappa shape index (κ3) is 2.40. The Kier molecular flexibility index (Phi) is 3.70. The van der Waals surface area contributed by atoms with Gasteiger partial charge < -0.3 is 0 Å². The summed E-state index contributed by atoms with van der Waals surface area (Å²) in [5.41, 5.74) is 0.759. The van der Waals surface area contributed by atoms with Gasteiger partial charge in [0.25, 0.3) is 0 Å². The van der Waals surface area contributed by atoms with Crippen LogP contribution in [0.1, 0.15) is 30.4 Å². The van der Waals surface area contributed by atoms with Crippen LogP contribution in [0.2, 0.25) is 0 Å². The molecule has 0 N–H and O–H groups in total. The van der Waals surface area contributed by atoms with Gasteiger partial charge in [-0.05, 0) is 12.0 Å². The van der Waals surface area contributed by atoms with E-state index in [1.54, 1.807) is 0 Å². The fraction of sp³-hybridized carbons (Fsp3) is 0.200. The fourth-order valence-electron chi connectivity index (χ4n) is 2.18. The van der Waals surface area contributed by atoms with Crippen LogP contribution in [0, 0.1) is 17.5 Å². The van der Waals surface area contributed by atoms with Crippen molar-refractivity contribution in [1.82, 2.24) is 0 Å². The zero-order chi connectivity index (χ0) is 13.1. The standard InChI is InChI=1S/C15H13F3/c1-2-12(10-6-4-3-5-7-10)15-13(17)8-11(16)9-14(15)18/h3-9,12H,2H2,1H3. The Bertz CT molecular complexity index is 512. The minimum Gasteiger partial charge on any atom is -0.207 e. The Labute approximate surface area is 104 Å². The molecule has 2 aromatic carbocycles. The quantitative estimate of drug-likeness (QED) is 0.744. The minimum atomic E-state index is -0.892. The molecule has 2 rings (SSSR count). The lowest BCUT2D eigenvalue weighted by Crippen LogP contribution is -2.06. The topological polar surface area (TPSA) is 0 Å². The molecule has 2 aromatic rings. The van der Waals surface area contributed by atoms with Crippen molar-refractivity contribution < 1.29 is 13.2 Å². The van der Waals surface area contributed by atoms with Crippen LogP contribution < -0.4 is 0 Å². The minimum absolute atomic E-state index is 0.0647. The molecule has 0 fully saturated rings. The molecular formula is C15H13F3. The summed E-state index contributed by atoms with van der Waals surface area (Å²) >= 11 is 0. The third-order valence-corrected chi connectivity index (χ3v) is 3.00. The number of benzene rings is 2. The van der Waals surface area contributed by atoms with Crippen molar-refractivity contribution in [2.45, 2.75) is 19.3 Å². The molecule has 0 nitrogen and oxygen atoms in total. The van der Waals surface area contributed by atoms with Gasteiger partial charge in [-0.15, -0.1) is 0 Å². The Hall–Kier alpha value is -1.77. The second kappa shape index (κ2) is 5.25. The van der Waals surface area contributed by atoms with Gasteiger partial charge in [0.1, 0.15) is 17.5 Å². The summed E-state index contributed by atoms with van der Waals surface area (Å²) in [4.78, 5) is 0. The van der Waals surface area contributed by atoms with Crippen molar-refractivity contribution >= 4 is 0 Å². The summed E-state index contributed by atoms with van der Waals surface area (Å²) in [5, 5.41) is 0. The van der Waals surface area contributed by atoms with Gasteiger partial charge in [0.15, 0.2) is 0 Å². The van der Waals surface area contributed by atoms with Gasteiger partial charge in [0.2, 0.25) is 0 Å². The first kappa shape index (κ1) is 12.7. The highest BCUT2D eigenvalue weighted by Gasteiger charge is 2.21. The van der Waals surface area contributed by atoms with Crippen molar-refractivity contribution in [3.05, 3.63) is 71.0 Å². The van der Waals surface area contributed by atoms with E-state index in [1.807, 2.05) is 37.3 Å². The van der Waals surface area contributed by atoms with Crippen molar-refractivity contribution in [2.24, 2.45) is 0 Å². The zero-order valence-corrected chi connectivity index (χ0v) is 9.96. The van der Waals surface area contributed by atoms with E-state index in [0.717, 1.165) is 17.7 Å². The average molecular weight is 250 g/mol. The van der Waals surface area contributed by atoms with E-state index in [0.29, 0.717) is 6.42 Å². The lowest BCUT2D eigenvalue weighted by Gasteiger charge is -2.17. The van der Waals surface area contributed by atoms with Crippen molar-refractivity contribution in [2.75, 3.05) is 0 Å². The molecule has 0 radical (unpaired) electrons. The van der Waals surface area contributed by atoms with Crippen LogP contribution in [0.4, 0.5) is 13.2 Å². The van der Waals surface area contributed by atoms with Gasteiger partial charge in [0.05, 0.1) is 0 Å². The maximum Gasteiger partial charge on any atom is 0.132 e. The van der Waals surface area contributed by atoms with Crippen LogP contribution in [0.5, 0.6) is 0 Å². The first-order valence-electron chi connectivity index (χ1n) is 5.83. The molecule has 3 heteroatoms. The molecule has 0 spiro atoms. The van der Waals surface area contributed by atoms with Gasteiger partial charge in [-0.2, -0.15) is 0 Å². The summed E-state index contributed by atoms with van der Waals surface area (Å²) < 4.78 is 40.4. The molecule has 18 heavy (non-hydrogen) atoms. The normalized spacial score (nSPS) is 12.4. The maximum atomic E-state index is 13.8. The van der Waals surface area contributed by atoms with Crippen molar-refractivity contribution in [1.29, 1.82) is 0 Å². The van der Waals surface area contributed by atoms with Crippen molar-refractivity contribution in [3.8, 4) is 0 Å². The molecule has 0 saturated heterocycles.